The van der Waals surface area contributed by atoms with Crippen molar-refractivity contribution in [3.63, 3.8) is 0 Å². The molecule has 4 nitrogen and oxygen atoms in total. The summed E-state index contributed by atoms with van der Waals surface area (Å²) in [7, 11) is 1.81. The fourth-order valence-corrected chi connectivity index (χ4v) is 3.73. The summed E-state index contributed by atoms with van der Waals surface area (Å²) in [5.74, 6) is 3.01. The first kappa shape index (κ1) is 17.0. The Morgan fingerprint density at radius 2 is 2.14 bits per heavy atom. The van der Waals surface area contributed by atoms with E-state index in [0.29, 0.717) is 4.75 Å². The molecule has 1 aliphatic rings. The number of rotatable bonds is 6. The number of thioether (sulfide) groups is 1. The molecule has 0 aromatic heterocycles. The SMILES string of the molecule is CN=C(NCC(C)Oc1ccccc1)NCC1(C)CCCS1. The number of hydrogen-bond donors (Lipinski definition) is 2. The van der Waals surface area contributed by atoms with E-state index < -0.39 is 0 Å². The molecular formula is C17H27N3OS. The Balaban J connectivity index is 1.71. The van der Waals surface area contributed by atoms with Crippen molar-refractivity contribution < 1.29 is 4.74 Å². The van der Waals surface area contributed by atoms with E-state index >= 15 is 0 Å². The lowest BCUT2D eigenvalue weighted by molar-refractivity contribution is 0.224. The molecule has 0 spiro atoms. The summed E-state index contributed by atoms with van der Waals surface area (Å²) in [6.45, 7) is 6.05. The van der Waals surface area contributed by atoms with Crippen LogP contribution in [0.1, 0.15) is 26.7 Å². The lowest BCUT2D eigenvalue weighted by atomic mass is 10.1. The quantitative estimate of drug-likeness (QED) is 0.625. The smallest absolute Gasteiger partial charge is 0.191 e. The van der Waals surface area contributed by atoms with Crippen LogP contribution in [0.25, 0.3) is 0 Å². The normalized spacial score (nSPS) is 23.1. The summed E-state index contributed by atoms with van der Waals surface area (Å²) in [6.07, 6.45) is 2.67. The van der Waals surface area contributed by atoms with Crippen molar-refractivity contribution >= 4 is 17.7 Å². The van der Waals surface area contributed by atoms with E-state index in [2.05, 4.69) is 41.2 Å². The molecule has 0 bridgehead atoms. The van der Waals surface area contributed by atoms with Gasteiger partial charge in [0.25, 0.3) is 0 Å². The largest absolute Gasteiger partial charge is 0.489 e. The zero-order chi connectivity index (χ0) is 15.8. The van der Waals surface area contributed by atoms with Gasteiger partial charge in [0.15, 0.2) is 5.96 Å². The van der Waals surface area contributed by atoms with Crippen LogP contribution in [0.4, 0.5) is 0 Å². The van der Waals surface area contributed by atoms with Crippen LogP contribution < -0.4 is 15.4 Å². The van der Waals surface area contributed by atoms with Gasteiger partial charge in [-0.2, -0.15) is 11.8 Å². The Morgan fingerprint density at radius 3 is 2.77 bits per heavy atom. The van der Waals surface area contributed by atoms with Crippen LogP contribution in [0.15, 0.2) is 35.3 Å². The fourth-order valence-electron chi connectivity index (χ4n) is 2.48. The van der Waals surface area contributed by atoms with Crippen LogP contribution in [-0.4, -0.2) is 42.7 Å². The van der Waals surface area contributed by atoms with Gasteiger partial charge < -0.3 is 15.4 Å². The van der Waals surface area contributed by atoms with Crippen LogP contribution >= 0.6 is 11.8 Å². The van der Waals surface area contributed by atoms with E-state index in [0.717, 1.165) is 24.8 Å². The topological polar surface area (TPSA) is 45.7 Å². The molecule has 2 unspecified atom stereocenters. The second-order valence-corrected chi connectivity index (χ2v) is 7.63. The average Bonchev–Trinajstić information content (AvgIpc) is 2.95. The van der Waals surface area contributed by atoms with Gasteiger partial charge in [0.05, 0.1) is 6.54 Å². The third-order valence-corrected chi connectivity index (χ3v) is 5.33. The molecule has 122 valence electrons. The highest BCUT2D eigenvalue weighted by molar-refractivity contribution is 8.00. The maximum absolute atomic E-state index is 5.86. The fraction of sp³-hybridized carbons (Fsp3) is 0.588. The van der Waals surface area contributed by atoms with Crippen LogP contribution in [0.5, 0.6) is 5.75 Å². The highest BCUT2D eigenvalue weighted by atomic mass is 32.2. The zero-order valence-corrected chi connectivity index (χ0v) is 14.6. The monoisotopic (exact) mass is 321 g/mol. The highest BCUT2D eigenvalue weighted by Crippen LogP contribution is 2.36. The number of nitrogens with zero attached hydrogens (tertiary/aromatic N) is 1. The molecule has 0 amide bonds. The Hall–Kier alpha value is -1.36. The number of hydrogen-bond acceptors (Lipinski definition) is 3. The minimum atomic E-state index is 0.0809. The zero-order valence-electron chi connectivity index (χ0n) is 13.8. The van der Waals surface area contributed by atoms with E-state index in [1.165, 1.54) is 18.6 Å². The summed E-state index contributed by atoms with van der Waals surface area (Å²) in [6, 6.07) is 9.90. The molecular weight excluding hydrogens is 294 g/mol. The summed E-state index contributed by atoms with van der Waals surface area (Å²) < 4.78 is 6.19. The maximum Gasteiger partial charge on any atom is 0.191 e. The second kappa shape index (κ2) is 8.32. The molecule has 0 aliphatic carbocycles. The first-order chi connectivity index (χ1) is 10.6. The minimum Gasteiger partial charge on any atom is -0.489 e. The number of nitrogens with one attached hydrogen (secondary N) is 2. The highest BCUT2D eigenvalue weighted by Gasteiger charge is 2.29. The average molecular weight is 321 g/mol. The van der Waals surface area contributed by atoms with Gasteiger partial charge in [0, 0.05) is 18.3 Å². The Morgan fingerprint density at radius 1 is 1.36 bits per heavy atom. The van der Waals surface area contributed by atoms with E-state index in [-0.39, 0.29) is 6.10 Å². The third-order valence-electron chi connectivity index (χ3n) is 3.79. The van der Waals surface area contributed by atoms with E-state index in [9.17, 15) is 0 Å². The molecule has 1 aliphatic heterocycles. The van der Waals surface area contributed by atoms with Crippen LogP contribution in [0.3, 0.4) is 0 Å². The number of benzene rings is 1. The third kappa shape index (κ3) is 5.44. The van der Waals surface area contributed by atoms with Crippen molar-refractivity contribution in [2.45, 2.75) is 37.5 Å². The van der Waals surface area contributed by atoms with Gasteiger partial charge >= 0.3 is 0 Å². The first-order valence-corrected chi connectivity index (χ1v) is 8.90. The molecule has 1 fully saturated rings. The summed E-state index contributed by atoms with van der Waals surface area (Å²) in [5, 5.41) is 6.77. The Bertz CT molecular complexity index is 472. The molecule has 1 heterocycles. The van der Waals surface area contributed by atoms with Crippen LogP contribution in [0.2, 0.25) is 0 Å². The molecule has 2 N–H and O–H groups in total. The van der Waals surface area contributed by atoms with Crippen LogP contribution in [0, 0.1) is 0 Å². The molecule has 1 aromatic carbocycles. The number of guanidine groups is 1. The molecule has 22 heavy (non-hydrogen) atoms. The van der Waals surface area contributed by atoms with Crippen molar-refractivity contribution in [1.82, 2.24) is 10.6 Å². The molecule has 2 atom stereocenters. The van der Waals surface area contributed by atoms with Crippen molar-refractivity contribution in [2.75, 3.05) is 25.9 Å². The molecule has 0 saturated carbocycles. The number of para-hydroxylation sites is 1. The lowest BCUT2D eigenvalue weighted by Gasteiger charge is -2.25. The van der Waals surface area contributed by atoms with Crippen molar-refractivity contribution in [3.05, 3.63) is 30.3 Å². The summed E-state index contributed by atoms with van der Waals surface area (Å²) >= 11 is 2.05. The van der Waals surface area contributed by atoms with E-state index in [1.807, 2.05) is 37.4 Å². The van der Waals surface area contributed by atoms with Crippen LogP contribution in [-0.2, 0) is 0 Å². The summed E-state index contributed by atoms with van der Waals surface area (Å²) in [5.41, 5.74) is 0. The predicted molar refractivity (Wildman–Crippen MR) is 96.0 cm³/mol. The van der Waals surface area contributed by atoms with Crippen molar-refractivity contribution in [2.24, 2.45) is 4.99 Å². The second-order valence-electron chi connectivity index (χ2n) is 5.95. The minimum absolute atomic E-state index is 0.0809. The van der Waals surface area contributed by atoms with E-state index in [1.54, 1.807) is 0 Å². The molecule has 1 aromatic rings. The lowest BCUT2D eigenvalue weighted by Crippen LogP contribution is -2.46. The number of ether oxygens (including phenoxy) is 1. The van der Waals surface area contributed by atoms with Gasteiger partial charge in [-0.3, -0.25) is 4.99 Å². The van der Waals surface area contributed by atoms with Gasteiger partial charge in [-0.05, 0) is 44.6 Å². The van der Waals surface area contributed by atoms with Gasteiger partial charge in [-0.15, -0.1) is 0 Å². The predicted octanol–water partition coefficient (Wildman–Crippen LogP) is 2.90. The van der Waals surface area contributed by atoms with Gasteiger partial charge in [0.2, 0.25) is 0 Å². The maximum atomic E-state index is 5.86. The first-order valence-electron chi connectivity index (χ1n) is 7.91. The summed E-state index contributed by atoms with van der Waals surface area (Å²) in [4.78, 5) is 4.29. The van der Waals surface area contributed by atoms with Crippen molar-refractivity contribution in [1.29, 1.82) is 0 Å². The standard InChI is InChI=1S/C17H27N3OS/c1-14(21-15-8-5-4-6-9-15)12-19-16(18-3)20-13-17(2)10-7-11-22-17/h4-6,8-9,14H,7,10-13H2,1-3H3,(H2,18,19,20). The molecule has 1 saturated heterocycles. The van der Waals surface area contributed by atoms with Crippen molar-refractivity contribution in [3.8, 4) is 5.75 Å². The van der Waals surface area contributed by atoms with Gasteiger partial charge in [-0.25, -0.2) is 0 Å². The Labute approximate surface area is 138 Å². The number of aliphatic imine (C=N–C) groups is 1. The Kier molecular flexibility index (Phi) is 6.43. The van der Waals surface area contributed by atoms with Gasteiger partial charge in [-0.1, -0.05) is 18.2 Å². The van der Waals surface area contributed by atoms with E-state index in [4.69, 9.17) is 4.74 Å². The molecule has 2 rings (SSSR count). The molecule has 5 heteroatoms. The van der Waals surface area contributed by atoms with Gasteiger partial charge in [0.1, 0.15) is 11.9 Å². The molecule has 0 radical (unpaired) electrons.